The molecule has 0 aromatic heterocycles. The van der Waals surface area contributed by atoms with Crippen LogP contribution in [0, 0.1) is 0 Å². The Bertz CT molecular complexity index is 892. The average Bonchev–Trinajstić information content (AvgIpc) is 2.71. The third-order valence-electron chi connectivity index (χ3n) is 3.74. The molecule has 0 saturated heterocycles. The first-order chi connectivity index (χ1) is 13.9. The van der Waals surface area contributed by atoms with Gasteiger partial charge in [-0.2, -0.15) is 0 Å². The molecule has 0 unspecified atom stereocenters. The minimum atomic E-state index is -0.456. The molecule has 0 atom stereocenters. The van der Waals surface area contributed by atoms with Crippen LogP contribution in [0.2, 0.25) is 0 Å². The summed E-state index contributed by atoms with van der Waals surface area (Å²) in [5.74, 6) is 0.105. The van der Waals surface area contributed by atoms with Crippen LogP contribution in [0.5, 0.6) is 11.5 Å². The van der Waals surface area contributed by atoms with E-state index in [1.807, 2.05) is 19.1 Å². The molecular weight excluding hydrogens is 458 g/mol. The number of carbonyl (C=O) groups is 2. The number of hydrogen-bond acceptors (Lipinski definition) is 5. The number of carbonyl (C=O) groups excluding carboxylic acids is 2. The largest absolute Gasteiger partial charge is 0.493 e. The highest BCUT2D eigenvalue weighted by Gasteiger charge is 2.14. The zero-order valence-corrected chi connectivity index (χ0v) is 18.5. The fourth-order valence-corrected chi connectivity index (χ4v) is 3.01. The van der Waals surface area contributed by atoms with Gasteiger partial charge in [-0.1, -0.05) is 25.1 Å². The van der Waals surface area contributed by atoms with Gasteiger partial charge >= 0.3 is 0 Å². The van der Waals surface area contributed by atoms with Gasteiger partial charge in [-0.3, -0.25) is 25.8 Å². The summed E-state index contributed by atoms with van der Waals surface area (Å²) < 4.78 is 11.7. The summed E-state index contributed by atoms with van der Waals surface area (Å²) in [6, 6.07) is 12.5. The molecule has 29 heavy (non-hydrogen) atoms. The Morgan fingerprint density at radius 1 is 1.03 bits per heavy atom. The Kier molecular flexibility index (Phi) is 8.88. The maximum absolute atomic E-state index is 12.3. The van der Waals surface area contributed by atoms with E-state index in [1.165, 1.54) is 0 Å². The van der Waals surface area contributed by atoms with Gasteiger partial charge in [-0.15, -0.1) is 0 Å². The number of thiocarbonyl (C=S) groups is 1. The van der Waals surface area contributed by atoms with E-state index in [1.54, 1.807) is 30.3 Å². The molecule has 3 N–H and O–H groups in total. The topological polar surface area (TPSA) is 88.7 Å². The lowest BCUT2D eigenvalue weighted by Crippen LogP contribution is -2.49. The summed E-state index contributed by atoms with van der Waals surface area (Å²) in [6.07, 6.45) is 0.904. The van der Waals surface area contributed by atoms with E-state index in [2.05, 4.69) is 39.0 Å². The molecule has 0 fully saturated rings. The summed E-state index contributed by atoms with van der Waals surface area (Å²) in [4.78, 5) is 24.3. The van der Waals surface area contributed by atoms with E-state index in [0.29, 0.717) is 23.7 Å². The van der Waals surface area contributed by atoms with Crippen LogP contribution in [-0.4, -0.2) is 30.1 Å². The number of rotatable bonds is 7. The first-order valence-corrected chi connectivity index (χ1v) is 10.2. The second-order valence-electron chi connectivity index (χ2n) is 5.79. The second kappa shape index (κ2) is 11.4. The van der Waals surface area contributed by atoms with Crippen LogP contribution < -0.4 is 25.6 Å². The zero-order valence-electron chi connectivity index (χ0n) is 16.1. The van der Waals surface area contributed by atoms with Crippen molar-refractivity contribution in [2.75, 3.05) is 13.2 Å². The molecule has 2 amide bonds. The van der Waals surface area contributed by atoms with Crippen LogP contribution in [0.3, 0.4) is 0 Å². The molecule has 0 aliphatic rings. The lowest BCUT2D eigenvalue weighted by atomic mass is 10.2. The van der Waals surface area contributed by atoms with Gasteiger partial charge in [0.25, 0.3) is 11.8 Å². The Morgan fingerprint density at radius 3 is 2.48 bits per heavy atom. The maximum Gasteiger partial charge on any atom is 0.276 e. The van der Waals surface area contributed by atoms with Crippen molar-refractivity contribution in [1.29, 1.82) is 0 Å². The van der Waals surface area contributed by atoms with Crippen molar-refractivity contribution in [3.8, 4) is 11.5 Å². The first kappa shape index (κ1) is 22.6. The Morgan fingerprint density at radius 2 is 1.79 bits per heavy atom. The highest BCUT2D eigenvalue weighted by atomic mass is 79.9. The van der Waals surface area contributed by atoms with Crippen molar-refractivity contribution >= 4 is 45.1 Å². The van der Waals surface area contributed by atoms with Crippen molar-refractivity contribution < 1.29 is 19.1 Å². The summed E-state index contributed by atoms with van der Waals surface area (Å²) >= 11 is 8.45. The molecule has 0 aliphatic carbocycles. The molecule has 0 bridgehead atoms. The van der Waals surface area contributed by atoms with Gasteiger partial charge in [0.1, 0.15) is 11.5 Å². The number of aryl methyl sites for hydroxylation is 1. The zero-order chi connectivity index (χ0) is 21.2. The molecule has 2 aromatic rings. The number of nitrogens with one attached hydrogen (secondary N) is 3. The number of benzene rings is 2. The van der Waals surface area contributed by atoms with E-state index >= 15 is 0 Å². The number of amides is 2. The van der Waals surface area contributed by atoms with Crippen molar-refractivity contribution in [2.45, 2.75) is 20.3 Å². The minimum absolute atomic E-state index is 0.0527. The van der Waals surface area contributed by atoms with E-state index in [-0.39, 0.29) is 11.7 Å². The van der Waals surface area contributed by atoms with Gasteiger partial charge < -0.3 is 9.47 Å². The Balaban J connectivity index is 1.80. The van der Waals surface area contributed by atoms with Crippen molar-refractivity contribution in [1.82, 2.24) is 16.2 Å². The number of hydrazine groups is 1. The standard InChI is InChI=1S/C20H22BrN3O4S/c1-3-13-9-10-17(15(21)11-13)28-12-18(25)23-24-20(29)22-19(26)14-7-5-6-8-16(14)27-4-2/h5-11H,3-4,12H2,1-2H3,(H,23,25)(H2,22,24,26,29). The van der Waals surface area contributed by atoms with Crippen molar-refractivity contribution in [2.24, 2.45) is 0 Å². The number of halogens is 1. The average molecular weight is 480 g/mol. The lowest BCUT2D eigenvalue weighted by molar-refractivity contribution is -0.123. The van der Waals surface area contributed by atoms with E-state index in [4.69, 9.17) is 21.7 Å². The maximum atomic E-state index is 12.3. The van der Waals surface area contributed by atoms with E-state index < -0.39 is 11.8 Å². The molecule has 2 aromatic carbocycles. The number of ether oxygens (including phenoxy) is 2. The van der Waals surface area contributed by atoms with Crippen LogP contribution in [0.1, 0.15) is 29.8 Å². The van der Waals surface area contributed by atoms with Gasteiger partial charge in [0.05, 0.1) is 16.6 Å². The predicted octanol–water partition coefficient (Wildman–Crippen LogP) is 3.12. The van der Waals surface area contributed by atoms with Gasteiger partial charge in [0.2, 0.25) is 0 Å². The Hall–Kier alpha value is -2.65. The third-order valence-corrected chi connectivity index (χ3v) is 4.56. The Labute approximate surface area is 183 Å². The highest BCUT2D eigenvalue weighted by molar-refractivity contribution is 9.10. The minimum Gasteiger partial charge on any atom is -0.493 e. The molecule has 7 nitrogen and oxygen atoms in total. The second-order valence-corrected chi connectivity index (χ2v) is 7.06. The molecule has 0 spiro atoms. The van der Waals surface area contributed by atoms with E-state index in [9.17, 15) is 9.59 Å². The third kappa shape index (κ3) is 7.03. The summed E-state index contributed by atoms with van der Waals surface area (Å²) in [7, 11) is 0. The fraction of sp³-hybridized carbons (Fsp3) is 0.250. The van der Waals surface area contributed by atoms with Crippen LogP contribution in [0.25, 0.3) is 0 Å². The highest BCUT2D eigenvalue weighted by Crippen LogP contribution is 2.26. The first-order valence-electron chi connectivity index (χ1n) is 8.97. The fourth-order valence-electron chi connectivity index (χ4n) is 2.32. The van der Waals surface area contributed by atoms with Crippen molar-refractivity contribution in [3.05, 3.63) is 58.1 Å². The van der Waals surface area contributed by atoms with Gasteiger partial charge in [-0.25, -0.2) is 0 Å². The predicted molar refractivity (Wildman–Crippen MR) is 118 cm³/mol. The number of hydrogen-bond donors (Lipinski definition) is 3. The molecule has 2 rings (SSSR count). The monoisotopic (exact) mass is 479 g/mol. The smallest absolute Gasteiger partial charge is 0.276 e. The van der Waals surface area contributed by atoms with E-state index in [0.717, 1.165) is 16.5 Å². The summed E-state index contributed by atoms with van der Waals surface area (Å²) in [5.41, 5.74) is 6.34. The molecule has 0 saturated carbocycles. The molecule has 0 heterocycles. The SMILES string of the molecule is CCOc1ccccc1C(=O)NC(=S)NNC(=O)COc1ccc(CC)cc1Br. The van der Waals surface area contributed by atoms with Crippen LogP contribution in [0.15, 0.2) is 46.9 Å². The summed E-state index contributed by atoms with van der Waals surface area (Å²) in [6.45, 7) is 4.09. The molecule has 9 heteroatoms. The van der Waals surface area contributed by atoms with Gasteiger partial charge in [-0.05, 0) is 71.3 Å². The van der Waals surface area contributed by atoms with Crippen LogP contribution >= 0.6 is 28.1 Å². The lowest BCUT2D eigenvalue weighted by Gasteiger charge is -2.13. The molecular formula is C20H22BrN3O4S. The quantitative estimate of drug-likeness (QED) is 0.417. The van der Waals surface area contributed by atoms with Crippen molar-refractivity contribution in [3.63, 3.8) is 0 Å². The molecule has 154 valence electrons. The van der Waals surface area contributed by atoms with Gasteiger partial charge in [0, 0.05) is 0 Å². The van der Waals surface area contributed by atoms with Crippen LogP contribution in [-0.2, 0) is 11.2 Å². The normalized spacial score (nSPS) is 10.0. The molecule has 0 aliphatic heterocycles. The van der Waals surface area contributed by atoms with Gasteiger partial charge in [0.15, 0.2) is 11.7 Å². The summed E-state index contributed by atoms with van der Waals surface area (Å²) in [5, 5.41) is 2.43. The number of para-hydroxylation sites is 1. The molecule has 0 radical (unpaired) electrons. The van der Waals surface area contributed by atoms with Crippen LogP contribution in [0.4, 0.5) is 0 Å².